The summed E-state index contributed by atoms with van der Waals surface area (Å²) in [4.78, 5) is 0.00174. The molecule has 3 N–H and O–H groups in total. The molecule has 4 nitrogen and oxygen atoms in total. The standard InChI is InChI=1S/C14H21FN2O2S/c1-10-6-7-12(15)8-14(10)20(18,19)17-9-11-4-2-3-5-13(11)16/h6-8,11,13,17H,2-5,9,16H2,1H3. The zero-order valence-electron chi connectivity index (χ0n) is 11.6. The molecule has 0 saturated heterocycles. The Morgan fingerprint density at radius 1 is 1.35 bits per heavy atom. The maximum Gasteiger partial charge on any atom is 0.240 e. The Balaban J connectivity index is 2.09. The fraction of sp³-hybridized carbons (Fsp3) is 0.571. The van der Waals surface area contributed by atoms with Crippen LogP contribution >= 0.6 is 0 Å². The molecule has 0 amide bonds. The molecule has 112 valence electrons. The van der Waals surface area contributed by atoms with Crippen LogP contribution in [0, 0.1) is 18.7 Å². The van der Waals surface area contributed by atoms with Crippen LogP contribution in [0.5, 0.6) is 0 Å². The van der Waals surface area contributed by atoms with Crippen LogP contribution in [0.15, 0.2) is 23.1 Å². The Kier molecular flexibility index (Phi) is 4.78. The second-order valence-electron chi connectivity index (χ2n) is 5.47. The van der Waals surface area contributed by atoms with Crippen LogP contribution in [0.2, 0.25) is 0 Å². The number of benzene rings is 1. The molecule has 1 aliphatic carbocycles. The van der Waals surface area contributed by atoms with E-state index in [1.54, 1.807) is 6.92 Å². The number of hydrogen-bond donors (Lipinski definition) is 2. The summed E-state index contributed by atoms with van der Waals surface area (Å²) in [6.07, 6.45) is 4.06. The molecule has 1 fully saturated rings. The smallest absolute Gasteiger partial charge is 0.240 e. The number of halogens is 1. The Morgan fingerprint density at radius 2 is 2.05 bits per heavy atom. The molecule has 0 spiro atoms. The number of rotatable bonds is 4. The van der Waals surface area contributed by atoms with Gasteiger partial charge in [-0.05, 0) is 43.4 Å². The minimum absolute atomic E-state index is 0.00174. The van der Waals surface area contributed by atoms with Gasteiger partial charge in [0.2, 0.25) is 10.0 Å². The van der Waals surface area contributed by atoms with Gasteiger partial charge in [0, 0.05) is 12.6 Å². The number of nitrogens with two attached hydrogens (primary N) is 1. The number of sulfonamides is 1. The Labute approximate surface area is 119 Å². The molecule has 1 aliphatic rings. The summed E-state index contributed by atoms with van der Waals surface area (Å²) in [5.41, 5.74) is 6.54. The van der Waals surface area contributed by atoms with Gasteiger partial charge in [-0.3, -0.25) is 0 Å². The Bertz CT molecular complexity index is 575. The molecule has 1 aromatic carbocycles. The van der Waals surface area contributed by atoms with E-state index >= 15 is 0 Å². The number of nitrogens with one attached hydrogen (secondary N) is 1. The summed E-state index contributed by atoms with van der Waals surface area (Å²) in [6.45, 7) is 1.97. The average molecular weight is 300 g/mol. The van der Waals surface area contributed by atoms with E-state index in [1.807, 2.05) is 0 Å². The molecule has 2 atom stereocenters. The van der Waals surface area contributed by atoms with Crippen molar-refractivity contribution >= 4 is 10.0 Å². The lowest BCUT2D eigenvalue weighted by Gasteiger charge is -2.28. The summed E-state index contributed by atoms with van der Waals surface area (Å²) in [6, 6.07) is 3.82. The van der Waals surface area contributed by atoms with Crippen molar-refractivity contribution in [2.45, 2.75) is 43.5 Å². The number of aryl methyl sites for hydroxylation is 1. The van der Waals surface area contributed by atoms with Crippen LogP contribution in [0.25, 0.3) is 0 Å². The minimum atomic E-state index is -3.68. The van der Waals surface area contributed by atoms with Crippen molar-refractivity contribution in [1.82, 2.24) is 4.72 Å². The first-order valence-electron chi connectivity index (χ1n) is 6.91. The van der Waals surface area contributed by atoms with Crippen LogP contribution < -0.4 is 10.5 Å². The predicted molar refractivity (Wildman–Crippen MR) is 76.3 cm³/mol. The Hall–Kier alpha value is -0.980. The van der Waals surface area contributed by atoms with E-state index < -0.39 is 15.8 Å². The van der Waals surface area contributed by atoms with E-state index in [-0.39, 0.29) is 16.9 Å². The molecule has 1 saturated carbocycles. The van der Waals surface area contributed by atoms with Gasteiger partial charge in [-0.25, -0.2) is 17.5 Å². The van der Waals surface area contributed by atoms with E-state index in [2.05, 4.69) is 4.72 Å². The molecular weight excluding hydrogens is 279 g/mol. The third-order valence-corrected chi connectivity index (χ3v) is 5.51. The monoisotopic (exact) mass is 300 g/mol. The van der Waals surface area contributed by atoms with Crippen molar-refractivity contribution in [2.24, 2.45) is 11.7 Å². The summed E-state index contributed by atoms with van der Waals surface area (Å²) in [5.74, 6) is -0.391. The quantitative estimate of drug-likeness (QED) is 0.892. The van der Waals surface area contributed by atoms with Gasteiger partial charge in [0.15, 0.2) is 0 Å². The second kappa shape index (κ2) is 6.20. The average Bonchev–Trinajstić information content (AvgIpc) is 2.40. The zero-order valence-corrected chi connectivity index (χ0v) is 12.4. The molecular formula is C14H21FN2O2S. The van der Waals surface area contributed by atoms with Gasteiger partial charge >= 0.3 is 0 Å². The van der Waals surface area contributed by atoms with Crippen molar-refractivity contribution in [2.75, 3.05) is 6.54 Å². The van der Waals surface area contributed by atoms with Crippen molar-refractivity contribution in [1.29, 1.82) is 0 Å². The van der Waals surface area contributed by atoms with Crippen LogP contribution in [0.3, 0.4) is 0 Å². The molecule has 6 heteroatoms. The topological polar surface area (TPSA) is 72.2 Å². The fourth-order valence-corrected chi connectivity index (χ4v) is 4.00. The van der Waals surface area contributed by atoms with Gasteiger partial charge in [-0.2, -0.15) is 0 Å². The normalized spacial score (nSPS) is 23.8. The lowest BCUT2D eigenvalue weighted by Crippen LogP contribution is -2.41. The van der Waals surface area contributed by atoms with Crippen molar-refractivity contribution in [3.8, 4) is 0 Å². The molecule has 20 heavy (non-hydrogen) atoms. The van der Waals surface area contributed by atoms with Gasteiger partial charge < -0.3 is 5.73 Å². The van der Waals surface area contributed by atoms with Crippen LogP contribution in [0.4, 0.5) is 4.39 Å². The molecule has 1 aromatic rings. The lowest BCUT2D eigenvalue weighted by atomic mass is 9.85. The third kappa shape index (κ3) is 3.56. The molecule has 0 aliphatic heterocycles. The lowest BCUT2D eigenvalue weighted by molar-refractivity contribution is 0.308. The summed E-state index contributed by atoms with van der Waals surface area (Å²) >= 11 is 0. The van der Waals surface area contributed by atoms with Crippen LogP contribution in [0.1, 0.15) is 31.2 Å². The van der Waals surface area contributed by atoms with Crippen molar-refractivity contribution in [3.05, 3.63) is 29.6 Å². The van der Waals surface area contributed by atoms with Crippen LogP contribution in [-0.2, 0) is 10.0 Å². The largest absolute Gasteiger partial charge is 0.327 e. The first-order chi connectivity index (χ1) is 9.40. The first kappa shape index (κ1) is 15.4. The molecule has 2 unspecified atom stereocenters. The highest BCUT2D eigenvalue weighted by molar-refractivity contribution is 7.89. The zero-order chi connectivity index (χ0) is 14.8. The van der Waals surface area contributed by atoms with E-state index in [4.69, 9.17) is 5.73 Å². The molecule has 0 heterocycles. The van der Waals surface area contributed by atoms with E-state index in [9.17, 15) is 12.8 Å². The third-order valence-electron chi connectivity index (χ3n) is 3.94. The molecule has 0 radical (unpaired) electrons. The van der Waals surface area contributed by atoms with Crippen LogP contribution in [-0.4, -0.2) is 21.0 Å². The van der Waals surface area contributed by atoms with E-state index in [0.717, 1.165) is 31.7 Å². The predicted octanol–water partition coefficient (Wildman–Crippen LogP) is 1.93. The molecule has 0 aromatic heterocycles. The van der Waals surface area contributed by atoms with E-state index in [0.29, 0.717) is 12.1 Å². The Morgan fingerprint density at radius 3 is 2.75 bits per heavy atom. The van der Waals surface area contributed by atoms with Gasteiger partial charge in [-0.15, -0.1) is 0 Å². The van der Waals surface area contributed by atoms with Gasteiger partial charge in [0.25, 0.3) is 0 Å². The molecule has 0 bridgehead atoms. The highest BCUT2D eigenvalue weighted by Gasteiger charge is 2.25. The summed E-state index contributed by atoms with van der Waals surface area (Å²) in [5, 5.41) is 0. The van der Waals surface area contributed by atoms with E-state index in [1.165, 1.54) is 12.1 Å². The van der Waals surface area contributed by atoms with Crippen molar-refractivity contribution < 1.29 is 12.8 Å². The minimum Gasteiger partial charge on any atom is -0.327 e. The van der Waals surface area contributed by atoms with Gasteiger partial charge in [0.1, 0.15) is 5.82 Å². The summed E-state index contributed by atoms with van der Waals surface area (Å²) < 4.78 is 40.3. The molecule has 2 rings (SSSR count). The highest BCUT2D eigenvalue weighted by Crippen LogP contribution is 2.23. The maximum atomic E-state index is 13.2. The second-order valence-corrected chi connectivity index (χ2v) is 7.21. The van der Waals surface area contributed by atoms with Crippen molar-refractivity contribution in [3.63, 3.8) is 0 Å². The van der Waals surface area contributed by atoms with Gasteiger partial charge in [0.05, 0.1) is 4.90 Å². The summed E-state index contributed by atoms with van der Waals surface area (Å²) in [7, 11) is -3.68. The number of hydrogen-bond acceptors (Lipinski definition) is 3. The highest BCUT2D eigenvalue weighted by atomic mass is 32.2. The fourth-order valence-electron chi connectivity index (χ4n) is 2.65. The van der Waals surface area contributed by atoms with Gasteiger partial charge in [-0.1, -0.05) is 18.9 Å². The maximum absolute atomic E-state index is 13.2. The first-order valence-corrected chi connectivity index (χ1v) is 8.40. The SMILES string of the molecule is Cc1ccc(F)cc1S(=O)(=O)NCC1CCCCC1N.